The molecule has 0 unspecified atom stereocenters. The maximum Gasteiger partial charge on any atom is 0.159 e. The summed E-state index contributed by atoms with van der Waals surface area (Å²) in [5, 5.41) is 7.32. The molecule has 3 aromatic heterocycles. The fourth-order valence-corrected chi connectivity index (χ4v) is 3.83. The standard InChI is InChI=1S/C14H8N3S2/c1-2-12(14-17-7-8-18-14)19-11(1)9-3-5-15-13-10(9)4-6-16-13/h1-8H. The van der Waals surface area contributed by atoms with Gasteiger partial charge in [0.15, 0.2) is 5.82 Å². The number of nitrogens with zero attached hydrogens (tertiary/aromatic N) is 3. The van der Waals surface area contributed by atoms with Gasteiger partial charge in [0.1, 0.15) is 5.01 Å². The molecule has 0 N–H and O–H groups in total. The first-order chi connectivity index (χ1) is 9.42. The van der Waals surface area contributed by atoms with E-state index in [-0.39, 0.29) is 0 Å². The smallest absolute Gasteiger partial charge is 0.159 e. The lowest BCUT2D eigenvalue weighted by atomic mass is 10.1. The molecule has 1 aliphatic rings. The Labute approximate surface area is 118 Å². The number of aromatic nitrogens is 2. The Bertz CT molecular complexity index is 757. The number of thiophene rings is 1. The van der Waals surface area contributed by atoms with Gasteiger partial charge in [0.05, 0.1) is 4.88 Å². The second-order valence-corrected chi connectivity index (χ2v) is 6.02. The lowest BCUT2D eigenvalue weighted by molar-refractivity contribution is 1.12. The Morgan fingerprint density at radius 2 is 1.89 bits per heavy atom. The van der Waals surface area contributed by atoms with E-state index in [4.69, 9.17) is 0 Å². The molecule has 0 saturated heterocycles. The molecule has 5 heteroatoms. The molecule has 0 amide bonds. The van der Waals surface area contributed by atoms with E-state index in [0.29, 0.717) is 0 Å². The van der Waals surface area contributed by atoms with E-state index in [9.17, 15) is 0 Å². The predicted octanol–water partition coefficient (Wildman–Crippen LogP) is 4.15. The topological polar surface area (TPSA) is 39.9 Å². The van der Waals surface area contributed by atoms with Gasteiger partial charge in [-0.25, -0.2) is 15.3 Å². The van der Waals surface area contributed by atoms with Crippen molar-refractivity contribution in [2.45, 2.75) is 0 Å². The van der Waals surface area contributed by atoms with Gasteiger partial charge in [0, 0.05) is 40.0 Å². The van der Waals surface area contributed by atoms with E-state index < -0.39 is 0 Å². The summed E-state index contributed by atoms with van der Waals surface area (Å²) in [4.78, 5) is 11.0. The van der Waals surface area contributed by atoms with E-state index >= 15 is 0 Å². The van der Waals surface area contributed by atoms with Gasteiger partial charge in [-0.2, -0.15) is 0 Å². The second-order valence-electron chi connectivity index (χ2n) is 4.04. The lowest BCUT2D eigenvalue weighted by Crippen LogP contribution is -1.88. The number of thiazole rings is 1. The van der Waals surface area contributed by atoms with Crippen molar-refractivity contribution in [2.24, 2.45) is 0 Å². The van der Waals surface area contributed by atoms with Crippen LogP contribution in [0, 0.1) is 0 Å². The summed E-state index contributed by atoms with van der Waals surface area (Å²) in [5.41, 5.74) is 2.30. The molecule has 0 saturated carbocycles. The highest BCUT2D eigenvalue weighted by atomic mass is 32.1. The maximum atomic E-state index is 4.35. The highest BCUT2D eigenvalue weighted by Crippen LogP contribution is 2.39. The van der Waals surface area contributed by atoms with Crippen LogP contribution in [0.1, 0.15) is 5.56 Å². The van der Waals surface area contributed by atoms with Crippen molar-refractivity contribution in [1.82, 2.24) is 15.3 Å². The van der Waals surface area contributed by atoms with Crippen molar-refractivity contribution in [3.05, 3.63) is 47.7 Å². The van der Waals surface area contributed by atoms with Gasteiger partial charge in [-0.15, -0.1) is 22.7 Å². The van der Waals surface area contributed by atoms with Crippen LogP contribution in [0.4, 0.5) is 5.82 Å². The zero-order valence-electron chi connectivity index (χ0n) is 9.78. The second kappa shape index (κ2) is 4.29. The molecule has 91 valence electrons. The van der Waals surface area contributed by atoms with Crippen molar-refractivity contribution < 1.29 is 0 Å². The Kier molecular flexibility index (Phi) is 2.46. The van der Waals surface area contributed by atoms with Gasteiger partial charge < -0.3 is 0 Å². The molecule has 0 bridgehead atoms. The number of hydrogen-bond acceptors (Lipinski definition) is 4. The summed E-state index contributed by atoms with van der Waals surface area (Å²) < 4.78 is 0. The van der Waals surface area contributed by atoms with Crippen LogP contribution in [-0.2, 0) is 0 Å². The number of rotatable bonds is 2. The highest BCUT2D eigenvalue weighted by Gasteiger charge is 2.15. The van der Waals surface area contributed by atoms with E-state index in [2.05, 4.69) is 27.4 Å². The van der Waals surface area contributed by atoms with Crippen molar-refractivity contribution in [3.63, 3.8) is 0 Å². The van der Waals surface area contributed by atoms with Crippen LogP contribution in [0.25, 0.3) is 26.4 Å². The lowest BCUT2D eigenvalue weighted by Gasteiger charge is -2.03. The molecule has 19 heavy (non-hydrogen) atoms. The average Bonchev–Trinajstić information content (AvgIpc) is 3.18. The summed E-state index contributed by atoms with van der Waals surface area (Å²) in [6, 6.07) is 6.31. The van der Waals surface area contributed by atoms with Crippen molar-refractivity contribution in [3.8, 4) is 20.3 Å². The average molecular weight is 282 g/mol. The van der Waals surface area contributed by atoms with Gasteiger partial charge in [-0.1, -0.05) is 0 Å². The molecule has 1 aliphatic heterocycles. The summed E-state index contributed by atoms with van der Waals surface area (Å²) in [5.74, 6) is 0.807. The summed E-state index contributed by atoms with van der Waals surface area (Å²) >= 11 is 3.42. The molecule has 0 aromatic carbocycles. The van der Waals surface area contributed by atoms with Gasteiger partial charge >= 0.3 is 0 Å². The first-order valence-corrected chi connectivity index (χ1v) is 7.48. The molecular weight excluding hydrogens is 274 g/mol. The van der Waals surface area contributed by atoms with Crippen LogP contribution in [0.5, 0.6) is 0 Å². The minimum absolute atomic E-state index is 0.807. The van der Waals surface area contributed by atoms with Crippen molar-refractivity contribution >= 4 is 34.6 Å². The predicted molar refractivity (Wildman–Crippen MR) is 79.5 cm³/mol. The minimum atomic E-state index is 0.807. The van der Waals surface area contributed by atoms with Gasteiger partial charge in [-0.3, -0.25) is 0 Å². The molecular formula is C14H8N3S2. The molecule has 0 fully saturated rings. The maximum absolute atomic E-state index is 4.35. The Hall–Kier alpha value is -1.98. The number of fused-ring (bicyclic) bond motifs is 1. The SMILES string of the molecule is C1=Cc2c(-c3ccc(-c4nccs4)s3)ccnc2[N]1. The first kappa shape index (κ1) is 10.9. The van der Waals surface area contributed by atoms with E-state index in [0.717, 1.165) is 16.4 Å². The zero-order valence-corrected chi connectivity index (χ0v) is 11.4. The van der Waals surface area contributed by atoms with Crippen LogP contribution in [0.3, 0.4) is 0 Å². The largest absolute Gasteiger partial charge is 0.244 e. The fourth-order valence-electron chi connectivity index (χ4n) is 2.07. The fraction of sp³-hybridized carbons (Fsp3) is 0. The summed E-state index contributed by atoms with van der Waals surface area (Å²) in [7, 11) is 0. The van der Waals surface area contributed by atoms with Gasteiger partial charge in [0.25, 0.3) is 0 Å². The van der Waals surface area contributed by atoms with Crippen molar-refractivity contribution in [2.75, 3.05) is 0 Å². The minimum Gasteiger partial charge on any atom is -0.244 e. The summed E-state index contributed by atoms with van der Waals surface area (Å²) in [6.45, 7) is 0. The third kappa shape index (κ3) is 1.78. The Morgan fingerprint density at radius 3 is 2.79 bits per heavy atom. The summed E-state index contributed by atoms with van der Waals surface area (Å²) in [6.07, 6.45) is 7.47. The van der Waals surface area contributed by atoms with Crippen LogP contribution >= 0.6 is 22.7 Å². The Balaban J connectivity index is 1.82. The number of pyridine rings is 1. The van der Waals surface area contributed by atoms with E-state index in [1.54, 1.807) is 28.9 Å². The van der Waals surface area contributed by atoms with Crippen molar-refractivity contribution in [1.29, 1.82) is 0 Å². The molecule has 3 nitrogen and oxygen atoms in total. The van der Waals surface area contributed by atoms with Crippen LogP contribution < -0.4 is 5.32 Å². The molecule has 3 aromatic rings. The monoisotopic (exact) mass is 282 g/mol. The molecule has 4 rings (SSSR count). The molecule has 0 spiro atoms. The first-order valence-electron chi connectivity index (χ1n) is 5.78. The highest BCUT2D eigenvalue weighted by molar-refractivity contribution is 7.23. The van der Waals surface area contributed by atoms with Gasteiger partial charge in [-0.05, 0) is 24.3 Å². The third-order valence-electron chi connectivity index (χ3n) is 2.92. The molecule has 4 heterocycles. The Morgan fingerprint density at radius 1 is 0.947 bits per heavy atom. The third-order valence-corrected chi connectivity index (χ3v) is 4.98. The molecule has 0 aliphatic carbocycles. The quantitative estimate of drug-likeness (QED) is 0.708. The molecule has 0 atom stereocenters. The van der Waals surface area contributed by atoms with Crippen LogP contribution in [0.2, 0.25) is 0 Å². The van der Waals surface area contributed by atoms with Gasteiger partial charge in [0.2, 0.25) is 0 Å². The van der Waals surface area contributed by atoms with Crippen LogP contribution in [-0.4, -0.2) is 9.97 Å². The number of hydrogen-bond donors (Lipinski definition) is 0. The van der Waals surface area contributed by atoms with E-state index in [1.807, 2.05) is 29.9 Å². The molecule has 1 radical (unpaired) electrons. The van der Waals surface area contributed by atoms with Crippen LogP contribution in [0.15, 0.2) is 42.2 Å². The zero-order chi connectivity index (χ0) is 12.7. The normalized spacial score (nSPS) is 12.4. The van der Waals surface area contributed by atoms with E-state index in [1.165, 1.54) is 15.3 Å².